The number of aromatic nitrogens is 3. The Balaban J connectivity index is 1.82. The van der Waals surface area contributed by atoms with Crippen LogP contribution >= 0.6 is 0 Å². The summed E-state index contributed by atoms with van der Waals surface area (Å²) in [6.45, 7) is 0. The van der Waals surface area contributed by atoms with Gasteiger partial charge in [-0.3, -0.25) is 9.78 Å². The smallest absolute Gasteiger partial charge is 0.285 e. The molecule has 9 nitrogen and oxygen atoms in total. The Hall–Kier alpha value is -4.25. The number of hydrogen-bond donors (Lipinski definition) is 2. The molecule has 0 bridgehead atoms. The van der Waals surface area contributed by atoms with Crippen LogP contribution < -0.4 is 0 Å². The van der Waals surface area contributed by atoms with Gasteiger partial charge in [-0.2, -0.15) is 5.10 Å². The maximum atomic E-state index is 14.3. The number of phenolic OH excluding ortho intramolecular Hbond substituents is 2. The van der Waals surface area contributed by atoms with Crippen LogP contribution in [0.15, 0.2) is 78.0 Å². The van der Waals surface area contributed by atoms with E-state index in [1.165, 1.54) is 53.5 Å². The summed E-state index contributed by atoms with van der Waals surface area (Å²) in [4.78, 5) is 15.8. The molecule has 2 heterocycles. The summed E-state index contributed by atoms with van der Waals surface area (Å²) in [6.07, 6.45) is 2.69. The minimum absolute atomic E-state index is 0.0502. The molecule has 1 amide bonds. The average molecular weight is 468 g/mol. The molecule has 0 aliphatic heterocycles. The second kappa shape index (κ2) is 8.36. The first kappa shape index (κ1) is 22.0. The first-order valence-electron chi connectivity index (χ1n) is 9.51. The van der Waals surface area contributed by atoms with Gasteiger partial charge in [0.2, 0.25) is 0 Å². The van der Waals surface area contributed by atoms with E-state index in [1.54, 1.807) is 12.1 Å². The van der Waals surface area contributed by atoms with Crippen molar-refractivity contribution >= 4 is 15.9 Å². The zero-order valence-electron chi connectivity index (χ0n) is 17.1. The van der Waals surface area contributed by atoms with E-state index in [2.05, 4.69) is 10.1 Å². The summed E-state index contributed by atoms with van der Waals surface area (Å²) in [6, 6.07) is 13.5. The number of rotatable bonds is 5. The quantitative estimate of drug-likeness (QED) is 0.461. The van der Waals surface area contributed by atoms with Gasteiger partial charge in [0.15, 0.2) is 0 Å². The molecule has 0 aliphatic rings. The lowest BCUT2D eigenvalue weighted by Crippen LogP contribution is -2.33. The lowest BCUT2D eigenvalue weighted by Gasteiger charge is -2.19. The predicted octanol–water partition coefficient (Wildman–Crippen LogP) is 2.95. The van der Waals surface area contributed by atoms with Crippen molar-refractivity contribution in [3.63, 3.8) is 0 Å². The number of carbonyl (C=O) groups excluding carboxylic acids is 1. The molecule has 0 aliphatic carbocycles. The van der Waals surface area contributed by atoms with Gasteiger partial charge < -0.3 is 10.2 Å². The van der Waals surface area contributed by atoms with Crippen LogP contribution in [0, 0.1) is 5.82 Å². The van der Waals surface area contributed by atoms with Crippen LogP contribution in [-0.2, 0) is 10.0 Å². The summed E-state index contributed by atoms with van der Waals surface area (Å²) < 4.78 is 42.3. The number of phenols is 2. The average Bonchev–Trinajstić information content (AvgIpc) is 3.28. The number of nitrogens with zero attached hydrogens (tertiary/aromatic N) is 4. The Morgan fingerprint density at radius 1 is 1.00 bits per heavy atom. The van der Waals surface area contributed by atoms with Crippen LogP contribution in [0.3, 0.4) is 0 Å². The second-order valence-electron chi connectivity index (χ2n) is 6.91. The van der Waals surface area contributed by atoms with Crippen LogP contribution in [0.2, 0.25) is 0 Å². The van der Waals surface area contributed by atoms with E-state index in [1.807, 2.05) is 0 Å². The topological polar surface area (TPSA) is 126 Å². The molecule has 11 heteroatoms. The predicted molar refractivity (Wildman–Crippen MR) is 116 cm³/mol. The highest BCUT2D eigenvalue weighted by Gasteiger charge is 2.31. The van der Waals surface area contributed by atoms with Crippen molar-refractivity contribution in [1.82, 2.24) is 19.1 Å². The van der Waals surface area contributed by atoms with Gasteiger partial charge in [-0.1, -0.05) is 18.2 Å². The fraction of sp³-hybridized carbons (Fsp3) is 0.0455. The van der Waals surface area contributed by atoms with Crippen molar-refractivity contribution in [2.45, 2.75) is 4.90 Å². The largest absolute Gasteiger partial charge is 0.507 e. The summed E-state index contributed by atoms with van der Waals surface area (Å²) >= 11 is 0. The van der Waals surface area contributed by atoms with Gasteiger partial charge >= 0.3 is 0 Å². The van der Waals surface area contributed by atoms with Gasteiger partial charge in [-0.15, -0.1) is 0 Å². The zero-order valence-corrected chi connectivity index (χ0v) is 17.9. The Labute approximate surface area is 188 Å². The lowest BCUT2D eigenvalue weighted by molar-refractivity contribution is 0.0877. The third-order valence-corrected chi connectivity index (χ3v) is 6.65. The number of pyridine rings is 1. The monoisotopic (exact) mass is 468 g/mol. The molecule has 2 aromatic heterocycles. The van der Waals surface area contributed by atoms with E-state index < -0.39 is 38.1 Å². The van der Waals surface area contributed by atoms with Gasteiger partial charge in [0, 0.05) is 24.9 Å². The molecule has 168 valence electrons. The number of aromatic hydroxyl groups is 2. The van der Waals surface area contributed by atoms with E-state index in [0.717, 1.165) is 19.2 Å². The zero-order chi connectivity index (χ0) is 23.8. The molecule has 0 fully saturated rings. The van der Waals surface area contributed by atoms with Crippen molar-refractivity contribution in [1.29, 1.82) is 0 Å². The molecular weight excluding hydrogens is 451 g/mol. The molecule has 33 heavy (non-hydrogen) atoms. The fourth-order valence-corrected chi connectivity index (χ4v) is 4.40. The molecule has 4 rings (SSSR count). The molecule has 0 spiro atoms. The molecule has 4 aromatic rings. The first-order chi connectivity index (χ1) is 15.7. The van der Waals surface area contributed by atoms with Crippen molar-refractivity contribution in [2.24, 2.45) is 0 Å². The normalized spacial score (nSPS) is 11.3. The van der Waals surface area contributed by atoms with Crippen LogP contribution in [0.5, 0.6) is 11.5 Å². The summed E-state index contributed by atoms with van der Waals surface area (Å²) in [5.74, 6) is -2.74. The van der Waals surface area contributed by atoms with Crippen molar-refractivity contribution < 1.29 is 27.8 Å². The third-order valence-electron chi connectivity index (χ3n) is 4.89. The lowest BCUT2D eigenvalue weighted by atomic mass is 10.1. The number of para-hydroxylation sites is 1. The minimum atomic E-state index is -4.55. The van der Waals surface area contributed by atoms with Gasteiger partial charge in [-0.25, -0.2) is 21.8 Å². The number of amides is 1. The first-order valence-corrected chi connectivity index (χ1v) is 11.0. The number of benzene rings is 2. The standard InChI is InChI=1S/C22H17FN4O5S/c1-26(22(30)16-7-4-5-10-24-16)33(31,32)21-12-14(19(28)13-20(21)29)17-9-11-25-27(17)18-8-3-2-6-15(18)23/h2-13,28-29H,1H3. The summed E-state index contributed by atoms with van der Waals surface area (Å²) in [5.41, 5.74) is 0.0649. The van der Waals surface area contributed by atoms with Crippen LogP contribution in [0.4, 0.5) is 4.39 Å². The van der Waals surface area contributed by atoms with Crippen molar-refractivity contribution in [3.8, 4) is 28.4 Å². The van der Waals surface area contributed by atoms with E-state index in [0.29, 0.717) is 4.31 Å². The second-order valence-corrected chi connectivity index (χ2v) is 8.85. The van der Waals surface area contributed by atoms with Gasteiger partial charge in [0.25, 0.3) is 15.9 Å². The maximum absolute atomic E-state index is 14.3. The minimum Gasteiger partial charge on any atom is -0.507 e. The summed E-state index contributed by atoms with van der Waals surface area (Å²) in [7, 11) is -3.52. The van der Waals surface area contributed by atoms with Crippen LogP contribution in [-0.4, -0.2) is 50.7 Å². The Kier molecular flexibility index (Phi) is 5.56. The summed E-state index contributed by atoms with van der Waals surface area (Å²) in [5, 5.41) is 24.8. The van der Waals surface area contributed by atoms with E-state index in [9.17, 15) is 27.8 Å². The Morgan fingerprint density at radius 2 is 1.73 bits per heavy atom. The Morgan fingerprint density at radius 3 is 2.42 bits per heavy atom. The molecule has 0 saturated carbocycles. The van der Waals surface area contributed by atoms with Crippen molar-refractivity contribution in [3.05, 3.63) is 84.6 Å². The Bertz CT molecular complexity index is 1450. The molecule has 2 N–H and O–H groups in total. The van der Waals surface area contributed by atoms with Gasteiger partial charge in [-0.05, 0) is 36.4 Å². The highest BCUT2D eigenvalue weighted by Crippen LogP contribution is 2.38. The molecule has 0 atom stereocenters. The number of hydrogen-bond acceptors (Lipinski definition) is 7. The molecule has 2 aromatic carbocycles. The molecule has 0 radical (unpaired) electrons. The van der Waals surface area contributed by atoms with E-state index in [-0.39, 0.29) is 22.6 Å². The van der Waals surface area contributed by atoms with E-state index in [4.69, 9.17) is 0 Å². The SMILES string of the molecule is CN(C(=O)c1ccccn1)S(=O)(=O)c1cc(-c2ccnn2-c2ccccc2F)c(O)cc1O. The molecule has 0 saturated heterocycles. The maximum Gasteiger partial charge on any atom is 0.285 e. The third kappa shape index (κ3) is 3.89. The molecular formula is C22H17FN4O5S. The van der Waals surface area contributed by atoms with Crippen molar-refractivity contribution in [2.75, 3.05) is 7.05 Å². The van der Waals surface area contributed by atoms with E-state index >= 15 is 0 Å². The molecule has 0 unspecified atom stereocenters. The van der Waals surface area contributed by atoms with Crippen LogP contribution in [0.1, 0.15) is 10.5 Å². The highest BCUT2D eigenvalue weighted by atomic mass is 32.2. The van der Waals surface area contributed by atoms with Gasteiger partial charge in [0.05, 0.1) is 11.9 Å². The highest BCUT2D eigenvalue weighted by molar-refractivity contribution is 7.89. The van der Waals surface area contributed by atoms with Gasteiger partial charge in [0.1, 0.15) is 33.6 Å². The number of halogens is 1. The number of carbonyl (C=O) groups is 1. The van der Waals surface area contributed by atoms with Crippen LogP contribution in [0.25, 0.3) is 16.9 Å². The fourth-order valence-electron chi connectivity index (χ4n) is 3.20. The number of sulfonamides is 1.